The molecule has 0 aliphatic rings. The van der Waals surface area contributed by atoms with E-state index in [1.807, 2.05) is 19.2 Å². The van der Waals surface area contributed by atoms with Crippen LogP contribution in [-0.2, 0) is 0 Å². The molecule has 3 heteroatoms. The third-order valence-electron chi connectivity index (χ3n) is 3.34. The summed E-state index contributed by atoms with van der Waals surface area (Å²) in [6.07, 6.45) is 1.72. The summed E-state index contributed by atoms with van der Waals surface area (Å²) in [6, 6.07) is 6.23. The van der Waals surface area contributed by atoms with Gasteiger partial charge in [0, 0.05) is 4.47 Å². The molecule has 1 aromatic carbocycles. The minimum absolute atomic E-state index is 0.0944. The maximum Gasteiger partial charge on any atom is 0.125 e. The van der Waals surface area contributed by atoms with Crippen molar-refractivity contribution in [1.29, 1.82) is 0 Å². The number of hydrogen-bond acceptors (Lipinski definition) is 2. The molecule has 0 saturated heterocycles. The van der Waals surface area contributed by atoms with Gasteiger partial charge in [-0.3, -0.25) is 0 Å². The molecule has 0 spiro atoms. The van der Waals surface area contributed by atoms with Gasteiger partial charge in [0.1, 0.15) is 5.76 Å². The molecular formula is C15H18BrNO. The molecule has 1 unspecified atom stereocenters. The molecule has 0 aliphatic carbocycles. The minimum Gasteiger partial charge on any atom is -0.467 e. The van der Waals surface area contributed by atoms with Crippen molar-refractivity contribution >= 4 is 15.9 Å². The van der Waals surface area contributed by atoms with Crippen LogP contribution in [-0.4, -0.2) is 7.05 Å². The van der Waals surface area contributed by atoms with Crippen LogP contribution in [0.5, 0.6) is 0 Å². The number of nitrogens with one attached hydrogen (secondary N) is 1. The number of halogens is 1. The van der Waals surface area contributed by atoms with E-state index in [4.69, 9.17) is 4.42 Å². The fourth-order valence-corrected chi connectivity index (χ4v) is 2.83. The second kappa shape index (κ2) is 5.29. The van der Waals surface area contributed by atoms with Crippen molar-refractivity contribution in [3.05, 3.63) is 56.9 Å². The second-order valence-corrected chi connectivity index (χ2v) is 5.39. The maximum absolute atomic E-state index is 5.54. The molecule has 0 aliphatic heterocycles. The predicted octanol–water partition coefficient (Wildman–Crippen LogP) is 4.28. The average Bonchev–Trinajstić information content (AvgIpc) is 2.85. The molecule has 2 rings (SSSR count). The Morgan fingerprint density at radius 3 is 2.50 bits per heavy atom. The van der Waals surface area contributed by atoms with E-state index >= 15 is 0 Å². The molecule has 1 heterocycles. The van der Waals surface area contributed by atoms with Crippen LogP contribution >= 0.6 is 15.9 Å². The van der Waals surface area contributed by atoms with Crippen molar-refractivity contribution in [2.45, 2.75) is 26.8 Å². The first-order chi connectivity index (χ1) is 8.56. The van der Waals surface area contributed by atoms with E-state index in [0.29, 0.717) is 0 Å². The van der Waals surface area contributed by atoms with Gasteiger partial charge in [-0.15, -0.1) is 0 Å². The zero-order valence-corrected chi connectivity index (χ0v) is 12.8. The van der Waals surface area contributed by atoms with Gasteiger partial charge < -0.3 is 9.73 Å². The van der Waals surface area contributed by atoms with Crippen molar-refractivity contribution in [3.63, 3.8) is 0 Å². The summed E-state index contributed by atoms with van der Waals surface area (Å²) in [4.78, 5) is 0. The first-order valence-electron chi connectivity index (χ1n) is 6.03. The van der Waals surface area contributed by atoms with Crippen LogP contribution in [0.1, 0.15) is 34.1 Å². The molecule has 1 N–H and O–H groups in total. The monoisotopic (exact) mass is 307 g/mol. The van der Waals surface area contributed by atoms with E-state index in [1.54, 1.807) is 6.26 Å². The molecule has 2 nitrogen and oxygen atoms in total. The molecular weight excluding hydrogens is 290 g/mol. The Kier molecular flexibility index (Phi) is 3.93. The summed E-state index contributed by atoms with van der Waals surface area (Å²) in [5, 5.41) is 3.33. The fraction of sp³-hybridized carbons (Fsp3) is 0.333. The molecule has 18 heavy (non-hydrogen) atoms. The smallest absolute Gasteiger partial charge is 0.125 e. The lowest BCUT2D eigenvalue weighted by Crippen LogP contribution is -2.19. The van der Waals surface area contributed by atoms with Gasteiger partial charge in [0.2, 0.25) is 0 Å². The van der Waals surface area contributed by atoms with Crippen LogP contribution in [0, 0.1) is 20.8 Å². The normalized spacial score (nSPS) is 12.7. The summed E-state index contributed by atoms with van der Waals surface area (Å²) < 4.78 is 6.72. The van der Waals surface area contributed by atoms with Gasteiger partial charge in [-0.1, -0.05) is 22.0 Å². The minimum atomic E-state index is 0.0944. The Balaban J connectivity index is 2.59. The number of hydrogen-bond donors (Lipinski definition) is 1. The molecule has 2 aromatic rings. The lowest BCUT2D eigenvalue weighted by molar-refractivity contribution is 0.461. The third-order valence-corrected chi connectivity index (χ3v) is 4.56. The van der Waals surface area contributed by atoms with Gasteiger partial charge in [0.25, 0.3) is 0 Å². The van der Waals surface area contributed by atoms with E-state index in [2.05, 4.69) is 48.1 Å². The highest BCUT2D eigenvalue weighted by molar-refractivity contribution is 9.10. The van der Waals surface area contributed by atoms with Gasteiger partial charge in [-0.05, 0) is 62.2 Å². The van der Waals surface area contributed by atoms with Crippen LogP contribution in [0.25, 0.3) is 0 Å². The molecule has 96 valence electrons. The van der Waals surface area contributed by atoms with E-state index in [9.17, 15) is 0 Å². The van der Waals surface area contributed by atoms with E-state index in [0.717, 1.165) is 5.76 Å². The van der Waals surface area contributed by atoms with Gasteiger partial charge in [0.05, 0.1) is 12.3 Å². The van der Waals surface area contributed by atoms with Crippen molar-refractivity contribution in [1.82, 2.24) is 5.32 Å². The molecule has 1 atom stereocenters. The van der Waals surface area contributed by atoms with Gasteiger partial charge >= 0.3 is 0 Å². The number of furan rings is 1. The number of aryl methyl sites for hydroxylation is 2. The Morgan fingerprint density at radius 1 is 1.22 bits per heavy atom. The average molecular weight is 308 g/mol. The van der Waals surface area contributed by atoms with Crippen LogP contribution < -0.4 is 5.32 Å². The first-order valence-corrected chi connectivity index (χ1v) is 6.82. The first kappa shape index (κ1) is 13.4. The standard InChI is InChI=1S/C15H18BrNO/c1-9-8-10(2)14(16)11(3)13(9)15(17-4)12-6-5-7-18-12/h5-8,15,17H,1-4H3. The fourth-order valence-electron chi connectivity index (χ4n) is 2.50. The summed E-state index contributed by atoms with van der Waals surface area (Å²) in [6.45, 7) is 6.41. The van der Waals surface area contributed by atoms with Crippen molar-refractivity contribution in [2.24, 2.45) is 0 Å². The lowest BCUT2D eigenvalue weighted by atomic mass is 9.93. The van der Waals surface area contributed by atoms with Crippen LogP contribution in [0.2, 0.25) is 0 Å². The topological polar surface area (TPSA) is 25.2 Å². The Hall–Kier alpha value is -1.06. The maximum atomic E-state index is 5.54. The number of benzene rings is 1. The lowest BCUT2D eigenvalue weighted by Gasteiger charge is -2.21. The van der Waals surface area contributed by atoms with Crippen LogP contribution in [0.3, 0.4) is 0 Å². The number of rotatable bonds is 3. The van der Waals surface area contributed by atoms with Crippen LogP contribution in [0.4, 0.5) is 0 Å². The van der Waals surface area contributed by atoms with Crippen molar-refractivity contribution < 1.29 is 4.42 Å². The molecule has 0 fully saturated rings. The highest BCUT2D eigenvalue weighted by Crippen LogP contribution is 2.33. The highest BCUT2D eigenvalue weighted by atomic mass is 79.9. The summed E-state index contributed by atoms with van der Waals surface area (Å²) in [7, 11) is 1.96. The van der Waals surface area contributed by atoms with Crippen LogP contribution in [0.15, 0.2) is 33.4 Å². The molecule has 0 saturated carbocycles. The van der Waals surface area contributed by atoms with Crippen molar-refractivity contribution in [3.8, 4) is 0 Å². The summed E-state index contributed by atoms with van der Waals surface area (Å²) in [5.74, 6) is 0.944. The quantitative estimate of drug-likeness (QED) is 0.915. The molecule has 1 aromatic heterocycles. The predicted molar refractivity (Wildman–Crippen MR) is 78.0 cm³/mol. The SMILES string of the molecule is CNC(c1ccco1)c1c(C)cc(C)c(Br)c1C. The van der Waals surface area contributed by atoms with Crippen molar-refractivity contribution in [2.75, 3.05) is 7.05 Å². The summed E-state index contributed by atoms with van der Waals surface area (Å²) >= 11 is 3.67. The zero-order chi connectivity index (χ0) is 13.3. The van der Waals surface area contributed by atoms with E-state index < -0.39 is 0 Å². The van der Waals surface area contributed by atoms with Gasteiger partial charge in [-0.25, -0.2) is 0 Å². The highest BCUT2D eigenvalue weighted by Gasteiger charge is 2.21. The van der Waals surface area contributed by atoms with Gasteiger partial charge in [-0.2, -0.15) is 0 Å². The Labute approximate surface area is 117 Å². The van der Waals surface area contributed by atoms with E-state index in [1.165, 1.54) is 26.7 Å². The molecule has 0 bridgehead atoms. The molecule has 0 amide bonds. The third kappa shape index (κ3) is 2.25. The zero-order valence-electron chi connectivity index (χ0n) is 11.2. The Bertz CT molecular complexity index is 546. The largest absolute Gasteiger partial charge is 0.467 e. The Morgan fingerprint density at radius 2 is 1.94 bits per heavy atom. The second-order valence-electron chi connectivity index (χ2n) is 4.60. The van der Waals surface area contributed by atoms with Gasteiger partial charge in [0.15, 0.2) is 0 Å². The summed E-state index contributed by atoms with van der Waals surface area (Å²) in [5.41, 5.74) is 5.10. The molecule has 0 radical (unpaired) electrons. The van der Waals surface area contributed by atoms with E-state index in [-0.39, 0.29) is 6.04 Å².